The van der Waals surface area contributed by atoms with Gasteiger partial charge in [-0.15, -0.1) is 0 Å². The van der Waals surface area contributed by atoms with E-state index in [4.69, 9.17) is 0 Å². The fourth-order valence-corrected chi connectivity index (χ4v) is 2.45. The predicted octanol–water partition coefficient (Wildman–Crippen LogP) is 1.67. The lowest BCUT2D eigenvalue weighted by molar-refractivity contribution is 0.0946. The van der Waals surface area contributed by atoms with Gasteiger partial charge in [-0.1, -0.05) is 0 Å². The van der Waals surface area contributed by atoms with Gasteiger partial charge in [-0.05, 0) is 18.9 Å². The standard InChI is InChI=1S/C16H17FN4O2/c1-18-14-10-5-9(15(22)19-2)12(17)6-13(10)20-7-11(14)16(23)21-8-3-4-8/h5-8H,3-4H2,1-2H3,(H,18,20)(H,19,22)(H,21,23). The smallest absolute Gasteiger partial charge is 0.255 e. The summed E-state index contributed by atoms with van der Waals surface area (Å²) in [6.45, 7) is 0. The zero-order valence-electron chi connectivity index (χ0n) is 12.9. The number of aromatic nitrogens is 1. The molecule has 1 aliphatic carbocycles. The van der Waals surface area contributed by atoms with Crippen LogP contribution in [0.5, 0.6) is 0 Å². The molecular weight excluding hydrogens is 299 g/mol. The van der Waals surface area contributed by atoms with Crippen molar-refractivity contribution in [2.45, 2.75) is 18.9 Å². The highest BCUT2D eigenvalue weighted by atomic mass is 19.1. The molecule has 2 aromatic rings. The molecule has 6 nitrogen and oxygen atoms in total. The molecule has 1 aromatic heterocycles. The third-order valence-corrected chi connectivity index (χ3v) is 3.84. The van der Waals surface area contributed by atoms with Gasteiger partial charge in [-0.2, -0.15) is 0 Å². The second kappa shape index (κ2) is 5.83. The zero-order chi connectivity index (χ0) is 16.6. The van der Waals surface area contributed by atoms with E-state index in [1.54, 1.807) is 7.05 Å². The number of rotatable bonds is 4. The topological polar surface area (TPSA) is 83.1 Å². The number of anilines is 1. The molecule has 1 aromatic carbocycles. The molecule has 0 atom stereocenters. The first-order valence-corrected chi connectivity index (χ1v) is 7.38. The van der Waals surface area contributed by atoms with E-state index in [0.29, 0.717) is 22.2 Å². The molecule has 0 radical (unpaired) electrons. The van der Waals surface area contributed by atoms with Crippen molar-refractivity contribution in [3.05, 3.63) is 35.3 Å². The van der Waals surface area contributed by atoms with Crippen LogP contribution in [-0.4, -0.2) is 36.9 Å². The fourth-order valence-electron chi connectivity index (χ4n) is 2.45. The van der Waals surface area contributed by atoms with Crippen LogP contribution in [0.25, 0.3) is 10.9 Å². The Morgan fingerprint density at radius 3 is 2.52 bits per heavy atom. The Balaban J connectivity index is 2.14. The maximum atomic E-state index is 14.0. The van der Waals surface area contributed by atoms with Gasteiger partial charge in [-0.3, -0.25) is 14.6 Å². The molecule has 1 fully saturated rings. The average molecular weight is 316 g/mol. The van der Waals surface area contributed by atoms with Crippen molar-refractivity contribution in [2.24, 2.45) is 0 Å². The summed E-state index contributed by atoms with van der Waals surface area (Å²) in [6, 6.07) is 2.83. The average Bonchev–Trinajstić information content (AvgIpc) is 3.36. The maximum absolute atomic E-state index is 14.0. The van der Waals surface area contributed by atoms with Gasteiger partial charge in [0.2, 0.25) is 0 Å². The number of carbonyl (C=O) groups excluding carboxylic acids is 2. The Labute approximate surface area is 132 Å². The van der Waals surface area contributed by atoms with Crippen LogP contribution in [0.1, 0.15) is 33.6 Å². The molecule has 120 valence electrons. The normalized spacial score (nSPS) is 13.7. The molecule has 0 bridgehead atoms. The zero-order valence-corrected chi connectivity index (χ0v) is 12.9. The first-order chi connectivity index (χ1) is 11.0. The van der Waals surface area contributed by atoms with E-state index >= 15 is 0 Å². The number of amides is 2. The first kappa shape index (κ1) is 15.2. The predicted molar refractivity (Wildman–Crippen MR) is 85.1 cm³/mol. The highest BCUT2D eigenvalue weighted by molar-refractivity contribution is 6.09. The number of hydrogen-bond donors (Lipinski definition) is 3. The summed E-state index contributed by atoms with van der Waals surface area (Å²) in [5, 5.41) is 8.78. The van der Waals surface area contributed by atoms with Crippen molar-refractivity contribution < 1.29 is 14.0 Å². The molecule has 1 saturated carbocycles. The van der Waals surface area contributed by atoms with Crippen molar-refractivity contribution in [2.75, 3.05) is 19.4 Å². The van der Waals surface area contributed by atoms with Gasteiger partial charge >= 0.3 is 0 Å². The van der Waals surface area contributed by atoms with Crippen molar-refractivity contribution in [3.63, 3.8) is 0 Å². The Kier molecular flexibility index (Phi) is 3.85. The number of hydrogen-bond acceptors (Lipinski definition) is 4. The summed E-state index contributed by atoms with van der Waals surface area (Å²) in [6.07, 6.45) is 3.38. The van der Waals surface area contributed by atoms with Gasteiger partial charge in [0.1, 0.15) is 5.82 Å². The number of nitrogens with zero attached hydrogens (tertiary/aromatic N) is 1. The molecule has 0 aliphatic heterocycles. The Bertz CT molecular complexity index is 802. The minimum Gasteiger partial charge on any atom is -0.387 e. The van der Waals surface area contributed by atoms with Crippen LogP contribution in [0.2, 0.25) is 0 Å². The number of nitrogens with one attached hydrogen (secondary N) is 3. The lowest BCUT2D eigenvalue weighted by Crippen LogP contribution is -2.26. The molecule has 0 spiro atoms. The summed E-state index contributed by atoms with van der Waals surface area (Å²) >= 11 is 0. The van der Waals surface area contributed by atoms with E-state index in [9.17, 15) is 14.0 Å². The summed E-state index contributed by atoms with van der Waals surface area (Å²) in [4.78, 5) is 28.2. The van der Waals surface area contributed by atoms with Gasteiger partial charge in [-0.25, -0.2) is 4.39 Å². The van der Waals surface area contributed by atoms with Crippen LogP contribution in [0, 0.1) is 5.82 Å². The summed E-state index contributed by atoms with van der Waals surface area (Å²) < 4.78 is 14.0. The van der Waals surface area contributed by atoms with Crippen LogP contribution >= 0.6 is 0 Å². The SMILES string of the molecule is CNC(=O)c1cc2c(NC)c(C(=O)NC3CC3)cnc2cc1F. The molecule has 3 rings (SSSR count). The Morgan fingerprint density at radius 1 is 1.17 bits per heavy atom. The Morgan fingerprint density at radius 2 is 1.91 bits per heavy atom. The van der Waals surface area contributed by atoms with Crippen LogP contribution in [-0.2, 0) is 0 Å². The number of benzene rings is 1. The lowest BCUT2D eigenvalue weighted by Gasteiger charge is -2.13. The van der Waals surface area contributed by atoms with Gasteiger partial charge in [0.15, 0.2) is 0 Å². The van der Waals surface area contributed by atoms with E-state index in [-0.39, 0.29) is 17.5 Å². The van der Waals surface area contributed by atoms with E-state index in [1.807, 2.05) is 0 Å². The highest BCUT2D eigenvalue weighted by Gasteiger charge is 2.26. The number of carbonyl (C=O) groups is 2. The molecule has 1 heterocycles. The fraction of sp³-hybridized carbons (Fsp3) is 0.312. The van der Waals surface area contributed by atoms with Crippen molar-refractivity contribution in [1.29, 1.82) is 0 Å². The third kappa shape index (κ3) is 2.81. The van der Waals surface area contributed by atoms with Crippen molar-refractivity contribution in [1.82, 2.24) is 15.6 Å². The number of pyridine rings is 1. The quantitative estimate of drug-likeness (QED) is 0.801. The van der Waals surface area contributed by atoms with Gasteiger partial charge in [0, 0.05) is 37.8 Å². The van der Waals surface area contributed by atoms with Crippen molar-refractivity contribution in [3.8, 4) is 0 Å². The molecule has 0 saturated heterocycles. The summed E-state index contributed by atoms with van der Waals surface area (Å²) in [7, 11) is 3.11. The second-order valence-electron chi connectivity index (χ2n) is 5.47. The van der Waals surface area contributed by atoms with Crippen LogP contribution in [0.15, 0.2) is 18.3 Å². The van der Waals surface area contributed by atoms with E-state index < -0.39 is 11.7 Å². The van der Waals surface area contributed by atoms with E-state index in [2.05, 4.69) is 20.9 Å². The number of halogens is 1. The Hall–Kier alpha value is -2.70. The lowest BCUT2D eigenvalue weighted by atomic mass is 10.0. The van der Waals surface area contributed by atoms with Gasteiger partial charge in [0.25, 0.3) is 11.8 Å². The molecule has 1 aliphatic rings. The molecule has 2 amide bonds. The molecular formula is C16H17FN4O2. The third-order valence-electron chi connectivity index (χ3n) is 3.84. The first-order valence-electron chi connectivity index (χ1n) is 7.38. The van der Waals surface area contributed by atoms with E-state index in [0.717, 1.165) is 12.8 Å². The highest BCUT2D eigenvalue weighted by Crippen LogP contribution is 2.29. The summed E-state index contributed by atoms with van der Waals surface area (Å²) in [5.41, 5.74) is 1.19. The van der Waals surface area contributed by atoms with Gasteiger partial charge in [0.05, 0.1) is 22.3 Å². The van der Waals surface area contributed by atoms with Crippen molar-refractivity contribution >= 4 is 28.4 Å². The molecule has 23 heavy (non-hydrogen) atoms. The minimum atomic E-state index is -0.651. The largest absolute Gasteiger partial charge is 0.387 e. The molecule has 0 unspecified atom stereocenters. The van der Waals surface area contributed by atoms with Gasteiger partial charge < -0.3 is 16.0 Å². The molecule has 7 heteroatoms. The summed E-state index contributed by atoms with van der Waals surface area (Å²) in [5.74, 6) is -1.40. The monoisotopic (exact) mass is 316 g/mol. The minimum absolute atomic E-state index is 0.0851. The van der Waals surface area contributed by atoms with Crippen LogP contribution in [0.3, 0.4) is 0 Å². The second-order valence-corrected chi connectivity index (χ2v) is 5.47. The van der Waals surface area contributed by atoms with Crippen LogP contribution < -0.4 is 16.0 Å². The van der Waals surface area contributed by atoms with E-state index in [1.165, 1.54) is 25.4 Å². The maximum Gasteiger partial charge on any atom is 0.255 e. The molecule has 3 N–H and O–H groups in total. The number of fused-ring (bicyclic) bond motifs is 1. The van der Waals surface area contributed by atoms with Crippen LogP contribution in [0.4, 0.5) is 10.1 Å².